The van der Waals surface area contributed by atoms with Crippen LogP contribution in [0.1, 0.15) is 34.1 Å². The summed E-state index contributed by atoms with van der Waals surface area (Å²) in [6.45, 7) is 8.62. The van der Waals surface area contributed by atoms with Crippen molar-refractivity contribution in [1.29, 1.82) is 0 Å². The number of aryl methyl sites for hydroxylation is 1. The molecule has 5 nitrogen and oxygen atoms in total. The number of carbonyl (C=O) groups is 1. The van der Waals surface area contributed by atoms with Crippen molar-refractivity contribution in [3.8, 4) is 0 Å². The Hall–Kier alpha value is -3.34. The fourth-order valence-electron chi connectivity index (χ4n) is 3.92. The van der Waals surface area contributed by atoms with E-state index < -0.39 is 0 Å². The maximum atomic E-state index is 12.7. The summed E-state index contributed by atoms with van der Waals surface area (Å²) in [6.07, 6.45) is 3.71. The van der Waals surface area contributed by atoms with Gasteiger partial charge in [0.05, 0.1) is 0 Å². The van der Waals surface area contributed by atoms with E-state index in [9.17, 15) is 4.79 Å². The van der Waals surface area contributed by atoms with E-state index in [1.165, 1.54) is 16.8 Å². The van der Waals surface area contributed by atoms with Crippen LogP contribution >= 0.6 is 0 Å². The Bertz CT molecular complexity index is 1140. The second-order valence-electron chi connectivity index (χ2n) is 8.06. The summed E-state index contributed by atoms with van der Waals surface area (Å²) in [7, 11) is 0. The maximum absolute atomic E-state index is 12.7. The van der Waals surface area contributed by atoms with E-state index in [0.717, 1.165) is 24.0 Å². The Morgan fingerprint density at radius 1 is 1.10 bits per heavy atom. The van der Waals surface area contributed by atoms with Crippen LogP contribution in [0.5, 0.6) is 0 Å². The molecule has 4 rings (SSSR count). The van der Waals surface area contributed by atoms with Crippen LogP contribution in [-0.4, -0.2) is 26.8 Å². The van der Waals surface area contributed by atoms with E-state index in [0.29, 0.717) is 18.0 Å². The second kappa shape index (κ2) is 8.57. The molecule has 0 saturated heterocycles. The molecule has 0 aliphatic carbocycles. The molecule has 2 heterocycles. The van der Waals surface area contributed by atoms with Gasteiger partial charge in [-0.25, -0.2) is 0 Å². The van der Waals surface area contributed by atoms with E-state index in [-0.39, 0.29) is 5.91 Å². The highest BCUT2D eigenvalue weighted by Gasteiger charge is 2.15. The number of fused-ring (bicyclic) bond motifs is 1. The van der Waals surface area contributed by atoms with Crippen molar-refractivity contribution in [3.05, 3.63) is 89.4 Å². The van der Waals surface area contributed by atoms with Crippen molar-refractivity contribution in [1.82, 2.24) is 19.7 Å². The van der Waals surface area contributed by atoms with Crippen molar-refractivity contribution in [3.63, 3.8) is 0 Å². The van der Waals surface area contributed by atoms with Crippen LogP contribution in [-0.2, 0) is 13.1 Å². The van der Waals surface area contributed by atoms with Crippen molar-refractivity contribution in [2.24, 2.45) is 5.92 Å². The minimum atomic E-state index is -0.0305. The third-order valence-electron chi connectivity index (χ3n) is 5.75. The zero-order valence-electron chi connectivity index (χ0n) is 17.8. The Kier molecular flexibility index (Phi) is 5.70. The molecule has 1 N–H and O–H groups in total. The summed E-state index contributed by atoms with van der Waals surface area (Å²) >= 11 is 0. The molecule has 2 aromatic heterocycles. The molecule has 154 valence electrons. The molecule has 0 spiro atoms. The fraction of sp³-hybridized carbons (Fsp3) is 0.280. The van der Waals surface area contributed by atoms with Crippen LogP contribution in [0.2, 0.25) is 0 Å². The third kappa shape index (κ3) is 4.15. The van der Waals surface area contributed by atoms with E-state index in [1.807, 2.05) is 35.1 Å². The van der Waals surface area contributed by atoms with Crippen molar-refractivity contribution in [2.75, 3.05) is 6.54 Å². The molecule has 2 aromatic carbocycles. The van der Waals surface area contributed by atoms with E-state index >= 15 is 0 Å². The number of aromatic nitrogens is 3. The number of hydrogen-bond acceptors (Lipinski definition) is 2. The Labute approximate surface area is 177 Å². The quantitative estimate of drug-likeness (QED) is 0.494. The van der Waals surface area contributed by atoms with Crippen molar-refractivity contribution < 1.29 is 4.79 Å². The lowest BCUT2D eigenvalue weighted by Crippen LogP contribution is -2.30. The van der Waals surface area contributed by atoms with Gasteiger partial charge in [-0.15, -0.1) is 0 Å². The summed E-state index contributed by atoms with van der Waals surface area (Å²) < 4.78 is 4.22. The number of rotatable bonds is 7. The molecule has 0 unspecified atom stereocenters. The highest BCUT2D eigenvalue weighted by molar-refractivity contribution is 5.99. The Morgan fingerprint density at radius 2 is 1.90 bits per heavy atom. The van der Waals surface area contributed by atoms with Gasteiger partial charge in [0, 0.05) is 54.2 Å². The van der Waals surface area contributed by atoms with Gasteiger partial charge in [0.25, 0.3) is 5.91 Å². The second-order valence-corrected chi connectivity index (χ2v) is 8.06. The maximum Gasteiger partial charge on any atom is 0.251 e. The number of hydrogen-bond donors (Lipinski definition) is 1. The number of benzene rings is 2. The number of nitrogens with zero attached hydrogens (tertiary/aromatic N) is 3. The number of nitrogens with one attached hydrogen (secondary N) is 1. The lowest BCUT2D eigenvalue weighted by atomic mass is 10.1. The molecule has 30 heavy (non-hydrogen) atoms. The summed E-state index contributed by atoms with van der Waals surface area (Å²) in [5, 5.41) is 8.44. The Balaban J connectivity index is 1.50. The first-order chi connectivity index (χ1) is 14.5. The SMILES string of the molecule is Cc1c(C)n(Cc2ccccc2)c2ccc(C(=O)NC[C@@H](C)Cn3cccn3)cc12. The molecule has 1 atom stereocenters. The van der Waals surface area contributed by atoms with Gasteiger partial charge in [0.15, 0.2) is 0 Å². The molecule has 0 saturated carbocycles. The average molecular weight is 401 g/mol. The van der Waals surface area contributed by atoms with Crippen molar-refractivity contribution in [2.45, 2.75) is 33.9 Å². The molecule has 0 bridgehead atoms. The van der Waals surface area contributed by atoms with Gasteiger partial charge in [-0.05, 0) is 55.2 Å². The Morgan fingerprint density at radius 3 is 2.63 bits per heavy atom. The first kappa shape index (κ1) is 20.0. The van der Waals surface area contributed by atoms with E-state index in [1.54, 1.807) is 6.20 Å². The molecular formula is C25H28N4O. The molecular weight excluding hydrogens is 372 g/mol. The van der Waals surface area contributed by atoms with Gasteiger partial charge in [-0.2, -0.15) is 5.10 Å². The largest absolute Gasteiger partial charge is 0.352 e. The molecule has 4 aromatic rings. The zero-order valence-corrected chi connectivity index (χ0v) is 17.8. The van der Waals surface area contributed by atoms with Crippen LogP contribution in [0, 0.1) is 19.8 Å². The predicted octanol–water partition coefficient (Wildman–Crippen LogP) is 4.57. The summed E-state index contributed by atoms with van der Waals surface area (Å²) in [4.78, 5) is 12.7. The van der Waals surface area contributed by atoms with Gasteiger partial charge in [-0.3, -0.25) is 9.48 Å². The van der Waals surface area contributed by atoms with Crippen molar-refractivity contribution >= 4 is 16.8 Å². The molecule has 0 fully saturated rings. The highest BCUT2D eigenvalue weighted by Crippen LogP contribution is 2.27. The van der Waals surface area contributed by atoms with Gasteiger partial charge in [0.2, 0.25) is 0 Å². The summed E-state index contributed by atoms with van der Waals surface area (Å²) in [5.74, 6) is 0.269. The number of amides is 1. The third-order valence-corrected chi connectivity index (χ3v) is 5.75. The smallest absolute Gasteiger partial charge is 0.251 e. The normalized spacial score (nSPS) is 12.2. The van der Waals surface area contributed by atoms with E-state index in [4.69, 9.17) is 0 Å². The lowest BCUT2D eigenvalue weighted by Gasteiger charge is -2.13. The van der Waals surface area contributed by atoms with Gasteiger partial charge in [0.1, 0.15) is 0 Å². The van der Waals surface area contributed by atoms with Crippen LogP contribution < -0.4 is 5.32 Å². The minimum absolute atomic E-state index is 0.0305. The van der Waals surface area contributed by atoms with Crippen LogP contribution in [0.4, 0.5) is 0 Å². The molecule has 0 aliphatic rings. The highest BCUT2D eigenvalue weighted by atomic mass is 16.1. The summed E-state index contributed by atoms with van der Waals surface area (Å²) in [5.41, 5.74) is 5.60. The van der Waals surface area contributed by atoms with Crippen LogP contribution in [0.25, 0.3) is 10.9 Å². The first-order valence-corrected chi connectivity index (χ1v) is 10.4. The van der Waals surface area contributed by atoms with Gasteiger partial charge < -0.3 is 9.88 Å². The first-order valence-electron chi connectivity index (χ1n) is 10.4. The van der Waals surface area contributed by atoms with Crippen LogP contribution in [0.15, 0.2) is 67.0 Å². The van der Waals surface area contributed by atoms with Gasteiger partial charge in [-0.1, -0.05) is 37.3 Å². The molecule has 0 aliphatic heterocycles. The van der Waals surface area contributed by atoms with Crippen LogP contribution in [0.3, 0.4) is 0 Å². The predicted molar refractivity (Wildman–Crippen MR) is 121 cm³/mol. The van der Waals surface area contributed by atoms with Gasteiger partial charge >= 0.3 is 0 Å². The minimum Gasteiger partial charge on any atom is -0.352 e. The zero-order chi connectivity index (χ0) is 21.1. The van der Waals surface area contributed by atoms with E-state index in [2.05, 4.69) is 66.1 Å². The lowest BCUT2D eigenvalue weighted by molar-refractivity contribution is 0.0946. The molecule has 1 amide bonds. The average Bonchev–Trinajstić information content (AvgIpc) is 3.35. The summed E-state index contributed by atoms with van der Waals surface area (Å²) in [6, 6.07) is 18.4. The molecule has 0 radical (unpaired) electrons. The standard InChI is InChI=1S/C25H28N4O/c1-18(16-28-13-7-12-27-28)15-26-25(30)22-10-11-24-23(14-22)19(2)20(3)29(24)17-21-8-5-4-6-9-21/h4-14,18H,15-17H2,1-3H3,(H,26,30)/t18-/m1/s1. The fourth-order valence-corrected chi connectivity index (χ4v) is 3.92. The monoisotopic (exact) mass is 400 g/mol. The number of carbonyl (C=O) groups excluding carboxylic acids is 1. The topological polar surface area (TPSA) is 51.9 Å². The molecule has 5 heteroatoms.